The van der Waals surface area contributed by atoms with E-state index < -0.39 is 10.0 Å². The summed E-state index contributed by atoms with van der Waals surface area (Å²) in [5.74, 6) is 0.743. The first-order chi connectivity index (χ1) is 14.8. The summed E-state index contributed by atoms with van der Waals surface area (Å²) in [5, 5.41) is 11.4. The number of nitrogens with one attached hydrogen (secondary N) is 3. The van der Waals surface area contributed by atoms with Crippen LogP contribution in [0, 0.1) is 0 Å². The Kier molecular flexibility index (Phi) is 5.75. The van der Waals surface area contributed by atoms with E-state index >= 15 is 0 Å². The van der Waals surface area contributed by atoms with Crippen LogP contribution in [0.15, 0.2) is 48.9 Å². The molecule has 0 amide bonds. The third kappa shape index (κ3) is 5.09. The van der Waals surface area contributed by atoms with Gasteiger partial charge in [0, 0.05) is 42.0 Å². The Hall–Kier alpha value is -3.24. The fourth-order valence-corrected chi connectivity index (χ4v) is 3.83. The molecule has 31 heavy (non-hydrogen) atoms. The number of rotatable bonds is 7. The van der Waals surface area contributed by atoms with Gasteiger partial charge in [-0.3, -0.25) is 14.8 Å². The molecule has 1 atom stereocenters. The van der Waals surface area contributed by atoms with Gasteiger partial charge in [0.05, 0.1) is 22.5 Å². The molecule has 4 rings (SSSR count). The SMILES string of the molecule is CC(Cc1ncccc1Cl)Nc1ncc(-c2ccc3[nH]nc(NS(C)(=O)=O)c3c2)cn1. The molecule has 11 heteroatoms. The Morgan fingerprint density at radius 3 is 2.61 bits per heavy atom. The van der Waals surface area contributed by atoms with Crippen LogP contribution in [0.4, 0.5) is 11.8 Å². The van der Waals surface area contributed by atoms with Crippen molar-refractivity contribution in [1.29, 1.82) is 0 Å². The van der Waals surface area contributed by atoms with E-state index in [9.17, 15) is 8.42 Å². The molecule has 3 aromatic heterocycles. The summed E-state index contributed by atoms with van der Waals surface area (Å²) in [6.07, 6.45) is 6.85. The number of fused-ring (bicyclic) bond motifs is 1. The van der Waals surface area contributed by atoms with E-state index in [1.54, 1.807) is 24.7 Å². The third-order valence-corrected chi connectivity index (χ3v) is 5.45. The molecule has 0 saturated carbocycles. The zero-order valence-corrected chi connectivity index (χ0v) is 18.4. The molecule has 1 aromatic carbocycles. The second kappa shape index (κ2) is 8.48. The lowest BCUT2D eigenvalue weighted by Gasteiger charge is -2.14. The van der Waals surface area contributed by atoms with Crippen LogP contribution < -0.4 is 10.0 Å². The maximum absolute atomic E-state index is 11.6. The fraction of sp³-hybridized carbons (Fsp3) is 0.200. The zero-order chi connectivity index (χ0) is 22.0. The summed E-state index contributed by atoms with van der Waals surface area (Å²) in [6, 6.07) is 9.20. The van der Waals surface area contributed by atoms with Crippen molar-refractivity contribution >= 4 is 44.3 Å². The van der Waals surface area contributed by atoms with Crippen molar-refractivity contribution in [3.8, 4) is 11.1 Å². The number of benzene rings is 1. The van der Waals surface area contributed by atoms with Gasteiger partial charge in [-0.2, -0.15) is 5.10 Å². The van der Waals surface area contributed by atoms with E-state index in [-0.39, 0.29) is 11.9 Å². The zero-order valence-electron chi connectivity index (χ0n) is 16.8. The Morgan fingerprint density at radius 1 is 1.13 bits per heavy atom. The van der Waals surface area contributed by atoms with Crippen LogP contribution in [0.1, 0.15) is 12.6 Å². The molecule has 0 bridgehead atoms. The summed E-state index contributed by atoms with van der Waals surface area (Å²) in [7, 11) is -3.44. The molecule has 3 heterocycles. The third-order valence-electron chi connectivity index (χ3n) is 4.54. The van der Waals surface area contributed by atoms with Gasteiger partial charge in [0.2, 0.25) is 16.0 Å². The number of hydrogen-bond acceptors (Lipinski definition) is 7. The van der Waals surface area contributed by atoms with Crippen LogP contribution in [0.25, 0.3) is 22.0 Å². The monoisotopic (exact) mass is 457 g/mol. The van der Waals surface area contributed by atoms with Crippen molar-refractivity contribution in [1.82, 2.24) is 25.1 Å². The van der Waals surface area contributed by atoms with Crippen LogP contribution in [0.5, 0.6) is 0 Å². The van der Waals surface area contributed by atoms with Gasteiger partial charge in [-0.1, -0.05) is 17.7 Å². The molecule has 3 N–H and O–H groups in total. The van der Waals surface area contributed by atoms with E-state index in [0.717, 1.165) is 28.6 Å². The lowest BCUT2D eigenvalue weighted by molar-refractivity contribution is 0.606. The first-order valence-electron chi connectivity index (χ1n) is 9.43. The van der Waals surface area contributed by atoms with Crippen LogP contribution in [0.3, 0.4) is 0 Å². The number of anilines is 2. The molecular weight excluding hydrogens is 438 g/mol. The average molecular weight is 458 g/mol. The topological polar surface area (TPSA) is 126 Å². The second-order valence-corrected chi connectivity index (χ2v) is 9.34. The average Bonchev–Trinajstić information content (AvgIpc) is 3.11. The fourth-order valence-electron chi connectivity index (χ4n) is 3.13. The lowest BCUT2D eigenvalue weighted by atomic mass is 10.1. The first-order valence-corrected chi connectivity index (χ1v) is 11.7. The summed E-state index contributed by atoms with van der Waals surface area (Å²) >= 11 is 6.17. The van der Waals surface area contributed by atoms with Crippen LogP contribution >= 0.6 is 11.6 Å². The van der Waals surface area contributed by atoms with Crippen molar-refractivity contribution in [3.05, 3.63) is 59.6 Å². The van der Waals surface area contributed by atoms with Gasteiger partial charge in [-0.05, 0) is 36.8 Å². The van der Waals surface area contributed by atoms with Crippen LogP contribution in [-0.2, 0) is 16.4 Å². The Balaban J connectivity index is 1.50. The minimum atomic E-state index is -3.44. The molecule has 9 nitrogen and oxygen atoms in total. The van der Waals surface area contributed by atoms with E-state index in [0.29, 0.717) is 22.8 Å². The molecule has 0 saturated heterocycles. The van der Waals surface area contributed by atoms with Gasteiger partial charge < -0.3 is 5.32 Å². The van der Waals surface area contributed by atoms with Crippen LogP contribution in [-0.4, -0.2) is 45.9 Å². The maximum Gasteiger partial charge on any atom is 0.231 e. The quantitative estimate of drug-likeness (QED) is 0.387. The summed E-state index contributed by atoms with van der Waals surface area (Å²) in [5.41, 5.74) is 3.16. The van der Waals surface area contributed by atoms with E-state index in [2.05, 4.69) is 35.2 Å². The van der Waals surface area contributed by atoms with Crippen molar-refractivity contribution in [2.45, 2.75) is 19.4 Å². The second-order valence-electron chi connectivity index (χ2n) is 7.18. The number of halogens is 1. The van der Waals surface area contributed by atoms with E-state index in [1.807, 2.05) is 31.2 Å². The highest BCUT2D eigenvalue weighted by molar-refractivity contribution is 7.92. The Bertz CT molecular complexity index is 1320. The van der Waals surface area contributed by atoms with Gasteiger partial charge in [0.15, 0.2) is 5.82 Å². The minimum absolute atomic E-state index is 0.0326. The first kappa shape index (κ1) is 21.0. The molecule has 0 aliphatic rings. The number of aromatic nitrogens is 5. The van der Waals surface area contributed by atoms with Crippen molar-refractivity contribution in [2.75, 3.05) is 16.3 Å². The smallest absolute Gasteiger partial charge is 0.231 e. The standard InChI is InChI=1S/C20H20ClN7O2S/c1-12(8-18-16(21)4-3-7-22-18)25-20-23-10-14(11-24-20)13-5-6-17-15(9-13)19(27-26-17)28-31(2,29)30/h3-7,9-12H,8H2,1-2H3,(H,23,24,25)(H2,26,27,28). The number of aromatic amines is 1. The molecule has 0 spiro atoms. The normalized spacial score (nSPS) is 12.6. The lowest BCUT2D eigenvalue weighted by Crippen LogP contribution is -2.20. The predicted octanol–water partition coefficient (Wildman–Crippen LogP) is 3.48. The Morgan fingerprint density at radius 2 is 1.90 bits per heavy atom. The number of hydrogen-bond donors (Lipinski definition) is 3. The molecule has 1 unspecified atom stereocenters. The van der Waals surface area contributed by atoms with E-state index in [4.69, 9.17) is 11.6 Å². The van der Waals surface area contributed by atoms with Crippen molar-refractivity contribution in [3.63, 3.8) is 0 Å². The highest BCUT2D eigenvalue weighted by Crippen LogP contribution is 2.27. The van der Waals surface area contributed by atoms with Gasteiger partial charge in [-0.25, -0.2) is 18.4 Å². The molecular formula is C20H20ClN7O2S. The van der Waals surface area contributed by atoms with E-state index in [1.165, 1.54) is 0 Å². The van der Waals surface area contributed by atoms with Crippen molar-refractivity contribution in [2.24, 2.45) is 0 Å². The number of H-pyrrole nitrogens is 1. The largest absolute Gasteiger partial charge is 0.351 e. The van der Waals surface area contributed by atoms with Crippen LogP contribution in [0.2, 0.25) is 5.02 Å². The summed E-state index contributed by atoms with van der Waals surface area (Å²) < 4.78 is 25.5. The highest BCUT2D eigenvalue weighted by atomic mass is 35.5. The molecule has 0 fully saturated rings. The molecule has 0 aliphatic carbocycles. The maximum atomic E-state index is 11.6. The van der Waals surface area contributed by atoms with Gasteiger partial charge >= 0.3 is 0 Å². The van der Waals surface area contributed by atoms with Gasteiger partial charge in [-0.15, -0.1) is 0 Å². The number of sulfonamides is 1. The summed E-state index contributed by atoms with van der Waals surface area (Å²) in [4.78, 5) is 13.1. The van der Waals surface area contributed by atoms with Gasteiger partial charge in [0.1, 0.15) is 0 Å². The predicted molar refractivity (Wildman–Crippen MR) is 122 cm³/mol. The summed E-state index contributed by atoms with van der Waals surface area (Å²) in [6.45, 7) is 2.01. The molecule has 4 aromatic rings. The molecule has 160 valence electrons. The number of nitrogens with zero attached hydrogens (tertiary/aromatic N) is 4. The molecule has 0 aliphatic heterocycles. The molecule has 0 radical (unpaired) electrons. The minimum Gasteiger partial charge on any atom is -0.351 e. The van der Waals surface area contributed by atoms with Crippen molar-refractivity contribution < 1.29 is 8.42 Å². The van der Waals surface area contributed by atoms with Gasteiger partial charge in [0.25, 0.3) is 0 Å². The highest BCUT2D eigenvalue weighted by Gasteiger charge is 2.12. The Labute approximate surface area is 184 Å². The number of pyridine rings is 1.